The molecule has 2 unspecified atom stereocenters. The van der Waals surface area contributed by atoms with E-state index in [4.69, 9.17) is 12.2 Å². The number of imidazole rings is 1. The first-order valence-corrected chi connectivity index (χ1v) is 7.82. The van der Waals surface area contributed by atoms with Crippen molar-refractivity contribution in [3.8, 4) is 0 Å². The third-order valence-electron chi connectivity index (χ3n) is 4.06. The first kappa shape index (κ1) is 13.3. The van der Waals surface area contributed by atoms with Crippen molar-refractivity contribution in [2.75, 3.05) is 0 Å². The molecule has 1 aliphatic rings. The maximum Gasteiger partial charge on any atom is 0.178 e. The number of hydrogen-bond acceptors (Lipinski definition) is 1. The Morgan fingerprint density at radius 1 is 1.47 bits per heavy atom. The molecule has 1 aromatic heterocycles. The highest BCUT2D eigenvalue weighted by molar-refractivity contribution is 9.10. The summed E-state index contributed by atoms with van der Waals surface area (Å²) in [5.41, 5.74) is 1.76. The maximum atomic E-state index is 13.7. The van der Waals surface area contributed by atoms with E-state index >= 15 is 0 Å². The van der Waals surface area contributed by atoms with Gasteiger partial charge in [0.25, 0.3) is 0 Å². The van der Waals surface area contributed by atoms with E-state index in [1.165, 1.54) is 19.3 Å². The lowest BCUT2D eigenvalue weighted by Gasteiger charge is -2.11. The van der Waals surface area contributed by atoms with Gasteiger partial charge in [-0.2, -0.15) is 0 Å². The summed E-state index contributed by atoms with van der Waals surface area (Å²) in [6, 6.07) is 3.32. The van der Waals surface area contributed by atoms with Crippen LogP contribution in [0.15, 0.2) is 16.6 Å². The highest BCUT2D eigenvalue weighted by Crippen LogP contribution is 2.32. The van der Waals surface area contributed by atoms with E-state index in [0.29, 0.717) is 15.2 Å². The summed E-state index contributed by atoms with van der Waals surface area (Å²) in [6.07, 6.45) is 3.78. The molecule has 1 aliphatic carbocycles. The normalized spacial score (nSPS) is 23.3. The average Bonchev–Trinajstić information content (AvgIpc) is 2.87. The number of rotatable bonds is 2. The molecule has 1 fully saturated rings. The van der Waals surface area contributed by atoms with Gasteiger partial charge in [-0.25, -0.2) is 4.39 Å². The van der Waals surface area contributed by atoms with Crippen LogP contribution in [0.1, 0.15) is 26.2 Å². The summed E-state index contributed by atoms with van der Waals surface area (Å²) in [6.45, 7) is 3.19. The summed E-state index contributed by atoms with van der Waals surface area (Å²) in [4.78, 5) is 3.16. The number of aromatic amines is 1. The molecule has 2 atom stereocenters. The monoisotopic (exact) mass is 342 g/mol. The molecule has 0 amide bonds. The fraction of sp³-hybridized carbons (Fsp3) is 0.500. The second-order valence-electron chi connectivity index (χ2n) is 5.61. The van der Waals surface area contributed by atoms with E-state index in [-0.39, 0.29) is 5.82 Å². The Hall–Kier alpha value is -0.680. The van der Waals surface area contributed by atoms with Gasteiger partial charge in [0.1, 0.15) is 5.82 Å². The molecule has 1 aromatic carbocycles. The molecule has 19 heavy (non-hydrogen) atoms. The van der Waals surface area contributed by atoms with Crippen molar-refractivity contribution in [3.63, 3.8) is 0 Å². The fourth-order valence-corrected chi connectivity index (χ4v) is 3.71. The Morgan fingerprint density at radius 3 is 2.95 bits per heavy atom. The zero-order valence-electron chi connectivity index (χ0n) is 10.7. The number of nitrogens with zero attached hydrogens (tertiary/aromatic N) is 1. The quantitative estimate of drug-likeness (QED) is 0.758. The molecule has 1 N–H and O–H groups in total. The van der Waals surface area contributed by atoms with Crippen LogP contribution in [0, 0.1) is 22.4 Å². The van der Waals surface area contributed by atoms with Gasteiger partial charge in [0.2, 0.25) is 0 Å². The van der Waals surface area contributed by atoms with Crippen molar-refractivity contribution in [1.29, 1.82) is 0 Å². The van der Waals surface area contributed by atoms with Crippen molar-refractivity contribution in [2.24, 2.45) is 11.8 Å². The van der Waals surface area contributed by atoms with Crippen molar-refractivity contribution in [2.45, 2.75) is 32.7 Å². The van der Waals surface area contributed by atoms with E-state index < -0.39 is 0 Å². The molecule has 102 valence electrons. The predicted molar refractivity (Wildman–Crippen MR) is 81.3 cm³/mol. The molecule has 0 spiro atoms. The first-order valence-electron chi connectivity index (χ1n) is 6.62. The van der Waals surface area contributed by atoms with Crippen molar-refractivity contribution in [1.82, 2.24) is 9.55 Å². The predicted octanol–water partition coefficient (Wildman–Crippen LogP) is 5.04. The Morgan fingerprint density at radius 2 is 2.26 bits per heavy atom. The zero-order valence-corrected chi connectivity index (χ0v) is 13.2. The summed E-state index contributed by atoms with van der Waals surface area (Å²) in [5, 5.41) is 0. The fourth-order valence-electron chi connectivity index (χ4n) is 3.08. The van der Waals surface area contributed by atoms with Crippen LogP contribution in [0.5, 0.6) is 0 Å². The highest BCUT2D eigenvalue weighted by atomic mass is 79.9. The van der Waals surface area contributed by atoms with Crippen LogP contribution in [-0.2, 0) is 6.54 Å². The average molecular weight is 343 g/mol. The van der Waals surface area contributed by atoms with Crippen LogP contribution in [-0.4, -0.2) is 9.55 Å². The van der Waals surface area contributed by atoms with Gasteiger partial charge in [-0.3, -0.25) is 0 Å². The number of nitrogens with one attached hydrogen (secondary N) is 1. The van der Waals surface area contributed by atoms with Crippen molar-refractivity contribution >= 4 is 39.2 Å². The third kappa shape index (κ3) is 2.50. The van der Waals surface area contributed by atoms with E-state index in [2.05, 4.69) is 27.8 Å². The number of benzene rings is 1. The molecule has 0 radical (unpaired) electrons. The second-order valence-corrected chi connectivity index (χ2v) is 6.85. The van der Waals surface area contributed by atoms with E-state index in [0.717, 1.165) is 23.5 Å². The van der Waals surface area contributed by atoms with Gasteiger partial charge in [-0.15, -0.1) is 0 Å². The number of halogens is 2. The molecule has 0 aliphatic heterocycles. The summed E-state index contributed by atoms with van der Waals surface area (Å²) >= 11 is 8.58. The van der Waals surface area contributed by atoms with E-state index in [9.17, 15) is 4.39 Å². The minimum atomic E-state index is -0.241. The topological polar surface area (TPSA) is 20.7 Å². The van der Waals surface area contributed by atoms with Crippen LogP contribution < -0.4 is 0 Å². The van der Waals surface area contributed by atoms with Crippen LogP contribution >= 0.6 is 28.1 Å². The van der Waals surface area contributed by atoms with Crippen molar-refractivity contribution in [3.05, 3.63) is 27.2 Å². The second kappa shape index (κ2) is 5.02. The molecule has 5 heteroatoms. The molecule has 2 nitrogen and oxygen atoms in total. The molecular formula is C14H16BrFN2S. The largest absolute Gasteiger partial charge is 0.331 e. The minimum absolute atomic E-state index is 0.241. The van der Waals surface area contributed by atoms with Gasteiger partial charge in [-0.1, -0.05) is 13.3 Å². The Balaban J connectivity index is 2.01. The molecule has 0 bridgehead atoms. The van der Waals surface area contributed by atoms with Gasteiger partial charge in [0.05, 0.1) is 15.5 Å². The SMILES string of the molecule is CC1CCC(Cn2c(=S)[nH]c3cc(Br)c(F)cc32)C1. The first-order chi connectivity index (χ1) is 9.04. The summed E-state index contributed by atoms with van der Waals surface area (Å²) in [7, 11) is 0. The number of hydrogen-bond donors (Lipinski definition) is 1. The molecule has 0 saturated heterocycles. The van der Waals surface area contributed by atoms with Gasteiger partial charge in [0.15, 0.2) is 4.77 Å². The van der Waals surface area contributed by atoms with E-state index in [1.54, 1.807) is 12.1 Å². The standard InChI is InChI=1S/C14H16BrFN2S/c1-8-2-3-9(4-8)7-18-13-6-11(16)10(15)5-12(13)17-14(18)19/h5-6,8-9H,2-4,7H2,1H3,(H,17,19). The lowest BCUT2D eigenvalue weighted by atomic mass is 10.1. The van der Waals surface area contributed by atoms with Crippen LogP contribution in [0.4, 0.5) is 4.39 Å². The molecule has 1 saturated carbocycles. The maximum absolute atomic E-state index is 13.7. The summed E-state index contributed by atoms with van der Waals surface area (Å²) in [5.74, 6) is 1.22. The summed E-state index contributed by atoms with van der Waals surface area (Å²) < 4.78 is 16.9. The molecule has 3 rings (SSSR count). The van der Waals surface area contributed by atoms with Gasteiger partial charge >= 0.3 is 0 Å². The molecule has 2 aromatic rings. The smallest absolute Gasteiger partial charge is 0.178 e. The van der Waals surface area contributed by atoms with Crippen LogP contribution in [0.3, 0.4) is 0 Å². The zero-order chi connectivity index (χ0) is 13.6. The number of aromatic nitrogens is 2. The Kier molecular flexibility index (Phi) is 3.52. The van der Waals surface area contributed by atoms with Crippen LogP contribution in [0.25, 0.3) is 11.0 Å². The number of H-pyrrole nitrogens is 1. The third-order valence-corrected chi connectivity index (χ3v) is 4.99. The number of fused-ring (bicyclic) bond motifs is 1. The van der Waals surface area contributed by atoms with Gasteiger partial charge in [0, 0.05) is 12.6 Å². The lowest BCUT2D eigenvalue weighted by molar-refractivity contribution is 0.444. The highest BCUT2D eigenvalue weighted by Gasteiger charge is 2.22. The van der Waals surface area contributed by atoms with Crippen LogP contribution in [0.2, 0.25) is 0 Å². The van der Waals surface area contributed by atoms with Gasteiger partial charge < -0.3 is 9.55 Å². The van der Waals surface area contributed by atoms with Gasteiger partial charge in [-0.05, 0) is 58.9 Å². The Labute approximate surface area is 125 Å². The molecular weight excluding hydrogens is 327 g/mol. The molecule has 1 heterocycles. The van der Waals surface area contributed by atoms with Crippen molar-refractivity contribution < 1.29 is 4.39 Å². The minimum Gasteiger partial charge on any atom is -0.331 e. The van der Waals surface area contributed by atoms with E-state index in [1.807, 2.05) is 4.57 Å². The lowest BCUT2D eigenvalue weighted by Crippen LogP contribution is -2.08. The Bertz CT molecular complexity index is 676.